The Hall–Kier alpha value is -3.33. The third-order valence-corrected chi connectivity index (χ3v) is 4.89. The van der Waals surface area contributed by atoms with Gasteiger partial charge in [-0.25, -0.2) is 13.2 Å². The van der Waals surface area contributed by atoms with Crippen LogP contribution in [0.4, 0.5) is 24.5 Å². The highest BCUT2D eigenvalue weighted by atomic mass is 19.3. The van der Waals surface area contributed by atoms with Gasteiger partial charge in [-0.15, -0.1) is 0 Å². The molecule has 0 radical (unpaired) electrons. The fourth-order valence-corrected chi connectivity index (χ4v) is 3.41. The molecule has 3 heterocycles. The highest BCUT2D eigenvalue weighted by molar-refractivity contribution is 5.74. The molecule has 6 nitrogen and oxygen atoms in total. The lowest BCUT2D eigenvalue weighted by atomic mass is 10.0. The topological polar surface area (TPSA) is 77.1 Å². The Labute approximate surface area is 171 Å². The molecular weight excluding hydrogens is 395 g/mol. The van der Waals surface area contributed by atoms with E-state index in [1.165, 1.54) is 18.5 Å². The lowest BCUT2D eigenvalue weighted by Crippen LogP contribution is -2.24. The van der Waals surface area contributed by atoms with Gasteiger partial charge in [-0.2, -0.15) is 5.10 Å². The first kappa shape index (κ1) is 20.0. The SMILES string of the molecule is OC(/C=C/c1cncc(F)c1-c1cn[nH]c1)Nc1ccc(N2CCC(F)(F)C2)cc1. The largest absolute Gasteiger partial charge is 0.370 e. The van der Waals surface area contributed by atoms with Crippen molar-refractivity contribution in [2.75, 3.05) is 23.3 Å². The van der Waals surface area contributed by atoms with E-state index in [-0.39, 0.29) is 13.0 Å². The van der Waals surface area contributed by atoms with Crippen LogP contribution in [0.2, 0.25) is 0 Å². The summed E-state index contributed by atoms with van der Waals surface area (Å²) in [5, 5.41) is 19.6. The summed E-state index contributed by atoms with van der Waals surface area (Å²) in [6.07, 6.45) is 7.52. The number of alkyl halides is 2. The summed E-state index contributed by atoms with van der Waals surface area (Å²) in [6, 6.07) is 6.88. The lowest BCUT2D eigenvalue weighted by Gasteiger charge is -2.19. The molecule has 0 amide bonds. The Balaban J connectivity index is 1.43. The predicted octanol–water partition coefficient (Wildman–Crippen LogP) is 3.90. The van der Waals surface area contributed by atoms with Crippen molar-refractivity contribution in [2.45, 2.75) is 18.6 Å². The van der Waals surface area contributed by atoms with E-state index in [0.29, 0.717) is 34.6 Å². The minimum absolute atomic E-state index is 0.147. The number of rotatable bonds is 6. The summed E-state index contributed by atoms with van der Waals surface area (Å²) < 4.78 is 41.0. The highest BCUT2D eigenvalue weighted by Gasteiger charge is 2.38. The van der Waals surface area contributed by atoms with E-state index < -0.39 is 18.0 Å². The molecular formula is C21H20F3N5O. The maximum absolute atomic E-state index is 14.2. The Morgan fingerprint density at radius 2 is 2.00 bits per heavy atom. The van der Waals surface area contributed by atoms with E-state index in [2.05, 4.69) is 20.5 Å². The summed E-state index contributed by atoms with van der Waals surface area (Å²) in [6.45, 7) is 0.0254. The molecule has 1 aliphatic rings. The number of halogens is 3. The van der Waals surface area contributed by atoms with Crippen LogP contribution in [-0.2, 0) is 0 Å². The van der Waals surface area contributed by atoms with E-state index in [0.717, 1.165) is 6.20 Å². The zero-order chi connectivity index (χ0) is 21.1. The minimum atomic E-state index is -2.65. The van der Waals surface area contributed by atoms with Gasteiger partial charge in [0.1, 0.15) is 12.0 Å². The second-order valence-corrected chi connectivity index (χ2v) is 7.10. The van der Waals surface area contributed by atoms with Crippen molar-refractivity contribution < 1.29 is 18.3 Å². The molecule has 0 saturated carbocycles. The molecule has 1 aromatic carbocycles. The number of anilines is 2. The van der Waals surface area contributed by atoms with Crippen LogP contribution in [0.5, 0.6) is 0 Å². The molecule has 4 rings (SSSR count). The van der Waals surface area contributed by atoms with Gasteiger partial charge in [0.05, 0.1) is 18.9 Å². The van der Waals surface area contributed by atoms with E-state index in [1.54, 1.807) is 41.4 Å². The van der Waals surface area contributed by atoms with Crippen LogP contribution in [0.3, 0.4) is 0 Å². The molecule has 3 N–H and O–H groups in total. The van der Waals surface area contributed by atoms with E-state index in [1.807, 2.05) is 0 Å². The molecule has 1 unspecified atom stereocenters. The Kier molecular flexibility index (Phi) is 5.45. The van der Waals surface area contributed by atoms with Crippen molar-refractivity contribution >= 4 is 17.5 Å². The monoisotopic (exact) mass is 415 g/mol. The van der Waals surface area contributed by atoms with Gasteiger partial charge in [0.25, 0.3) is 5.92 Å². The van der Waals surface area contributed by atoms with Crippen LogP contribution in [0, 0.1) is 5.82 Å². The molecule has 0 aliphatic carbocycles. The molecule has 1 aliphatic heterocycles. The van der Waals surface area contributed by atoms with Crippen LogP contribution in [0.15, 0.2) is 55.1 Å². The minimum Gasteiger partial charge on any atom is -0.370 e. The number of hydrogen-bond donors (Lipinski definition) is 3. The molecule has 1 saturated heterocycles. The molecule has 0 bridgehead atoms. The van der Waals surface area contributed by atoms with Crippen LogP contribution < -0.4 is 10.2 Å². The maximum atomic E-state index is 14.2. The zero-order valence-corrected chi connectivity index (χ0v) is 15.9. The summed E-state index contributed by atoms with van der Waals surface area (Å²) in [5.41, 5.74) is 2.71. The van der Waals surface area contributed by atoms with Crippen molar-refractivity contribution in [1.29, 1.82) is 0 Å². The van der Waals surface area contributed by atoms with Gasteiger partial charge in [-0.3, -0.25) is 10.1 Å². The summed E-state index contributed by atoms with van der Waals surface area (Å²) in [5.74, 6) is -3.15. The van der Waals surface area contributed by atoms with Crippen molar-refractivity contribution in [3.05, 3.63) is 66.5 Å². The molecule has 1 atom stereocenters. The predicted molar refractivity (Wildman–Crippen MR) is 109 cm³/mol. The number of aromatic nitrogens is 3. The van der Waals surface area contributed by atoms with Crippen molar-refractivity contribution in [3.63, 3.8) is 0 Å². The fraction of sp³-hybridized carbons (Fsp3) is 0.238. The Morgan fingerprint density at radius 1 is 1.20 bits per heavy atom. The van der Waals surface area contributed by atoms with Gasteiger partial charge in [-0.05, 0) is 30.3 Å². The number of pyridine rings is 1. The molecule has 0 spiro atoms. The number of benzene rings is 1. The van der Waals surface area contributed by atoms with Crippen LogP contribution in [0.1, 0.15) is 12.0 Å². The van der Waals surface area contributed by atoms with Gasteiger partial charge in [-0.1, -0.05) is 6.08 Å². The smallest absolute Gasteiger partial charge is 0.266 e. The maximum Gasteiger partial charge on any atom is 0.266 e. The second-order valence-electron chi connectivity index (χ2n) is 7.10. The Bertz CT molecular complexity index is 1020. The molecule has 9 heteroatoms. The fourth-order valence-electron chi connectivity index (χ4n) is 3.41. The van der Waals surface area contributed by atoms with Crippen LogP contribution in [0.25, 0.3) is 17.2 Å². The number of aliphatic hydroxyl groups is 1. The van der Waals surface area contributed by atoms with Gasteiger partial charge in [0, 0.05) is 53.4 Å². The molecule has 2 aromatic heterocycles. The summed E-state index contributed by atoms with van der Waals surface area (Å²) >= 11 is 0. The van der Waals surface area contributed by atoms with Crippen LogP contribution in [-0.4, -0.2) is 45.5 Å². The van der Waals surface area contributed by atoms with Crippen molar-refractivity contribution in [2.24, 2.45) is 0 Å². The number of aliphatic hydroxyl groups excluding tert-OH is 1. The summed E-state index contributed by atoms with van der Waals surface area (Å²) in [4.78, 5) is 5.49. The number of nitrogens with one attached hydrogen (secondary N) is 2. The highest BCUT2D eigenvalue weighted by Crippen LogP contribution is 2.31. The first-order valence-corrected chi connectivity index (χ1v) is 9.40. The van der Waals surface area contributed by atoms with E-state index >= 15 is 0 Å². The van der Waals surface area contributed by atoms with Gasteiger partial charge in [0.15, 0.2) is 0 Å². The van der Waals surface area contributed by atoms with Gasteiger partial charge >= 0.3 is 0 Å². The number of nitrogens with zero attached hydrogens (tertiary/aromatic N) is 3. The van der Waals surface area contributed by atoms with E-state index in [9.17, 15) is 18.3 Å². The second kappa shape index (κ2) is 8.19. The molecule has 156 valence electrons. The van der Waals surface area contributed by atoms with Gasteiger partial charge < -0.3 is 15.3 Å². The zero-order valence-electron chi connectivity index (χ0n) is 15.9. The number of aromatic amines is 1. The van der Waals surface area contributed by atoms with Crippen molar-refractivity contribution in [1.82, 2.24) is 15.2 Å². The third-order valence-electron chi connectivity index (χ3n) is 4.89. The van der Waals surface area contributed by atoms with Crippen LogP contribution >= 0.6 is 0 Å². The first-order valence-electron chi connectivity index (χ1n) is 9.40. The standard InChI is InChI=1S/C21H20F3N5O/c22-18-12-25-9-14(20(18)15-10-26-27-11-15)1-6-19(30)28-16-2-4-17(5-3-16)29-8-7-21(23,24)13-29/h1-6,9-12,19,28,30H,7-8,13H2,(H,26,27)/b6-1+. The normalized spacial score (nSPS) is 16.9. The molecule has 30 heavy (non-hydrogen) atoms. The first-order chi connectivity index (χ1) is 14.4. The average molecular weight is 415 g/mol. The molecule has 3 aromatic rings. The number of hydrogen-bond acceptors (Lipinski definition) is 5. The van der Waals surface area contributed by atoms with E-state index in [4.69, 9.17) is 0 Å². The van der Waals surface area contributed by atoms with Crippen molar-refractivity contribution in [3.8, 4) is 11.1 Å². The lowest BCUT2D eigenvalue weighted by molar-refractivity contribution is 0.0257. The number of H-pyrrole nitrogens is 1. The third kappa shape index (κ3) is 4.46. The Morgan fingerprint density at radius 3 is 2.67 bits per heavy atom. The van der Waals surface area contributed by atoms with Gasteiger partial charge in [0.2, 0.25) is 0 Å². The average Bonchev–Trinajstić information content (AvgIpc) is 3.36. The quantitative estimate of drug-likeness (QED) is 0.533. The summed E-state index contributed by atoms with van der Waals surface area (Å²) in [7, 11) is 0. The molecule has 1 fully saturated rings.